The molecule has 0 aromatic heterocycles. The van der Waals surface area contributed by atoms with Crippen LogP contribution >= 0.6 is 0 Å². The van der Waals surface area contributed by atoms with E-state index in [2.05, 4.69) is 45.0 Å². The molecule has 0 aliphatic carbocycles. The quantitative estimate of drug-likeness (QED) is 0.743. The molecule has 3 aliphatic heterocycles. The Balaban J connectivity index is 1.25. The molecule has 3 aliphatic rings. The molecular formula is C25H31N3O3. The average Bonchev–Trinajstić information content (AvgIpc) is 3.12. The third-order valence-corrected chi connectivity index (χ3v) is 7.16. The molecular weight excluding hydrogens is 390 g/mol. The predicted octanol–water partition coefficient (Wildman–Crippen LogP) is 1.93. The highest BCUT2D eigenvalue weighted by molar-refractivity contribution is 5.87. The van der Waals surface area contributed by atoms with E-state index in [1.807, 2.05) is 12.1 Å². The molecule has 2 N–H and O–H groups in total. The Morgan fingerprint density at radius 1 is 0.968 bits per heavy atom. The maximum Gasteiger partial charge on any atom is 0.335 e. The number of piperazine rings is 1. The number of fused-ring (bicyclic) bond motifs is 2. The number of aliphatic hydroxyl groups is 1. The number of benzene rings is 2. The number of carboxylic acid groups (broad SMARTS) is 1. The topological polar surface area (TPSA) is 67.2 Å². The van der Waals surface area contributed by atoms with Crippen molar-refractivity contribution < 1.29 is 15.0 Å². The molecule has 3 saturated heterocycles. The molecule has 31 heavy (non-hydrogen) atoms. The highest BCUT2D eigenvalue weighted by Gasteiger charge is 2.55. The van der Waals surface area contributed by atoms with Crippen molar-refractivity contribution >= 4 is 5.97 Å². The molecule has 2 aromatic carbocycles. The number of carbonyl (C=O) groups is 1. The van der Waals surface area contributed by atoms with Crippen molar-refractivity contribution in [1.82, 2.24) is 14.7 Å². The van der Waals surface area contributed by atoms with E-state index >= 15 is 0 Å². The lowest BCUT2D eigenvalue weighted by atomic mass is 9.83. The zero-order valence-corrected chi connectivity index (χ0v) is 17.9. The smallest absolute Gasteiger partial charge is 0.335 e. The number of carboxylic acids is 1. The molecule has 6 heteroatoms. The van der Waals surface area contributed by atoms with Crippen LogP contribution in [0.1, 0.15) is 27.9 Å². The van der Waals surface area contributed by atoms with Crippen molar-refractivity contribution in [2.24, 2.45) is 0 Å². The lowest BCUT2D eigenvalue weighted by molar-refractivity contribution is -0.116. The monoisotopic (exact) mass is 421 g/mol. The average molecular weight is 422 g/mol. The van der Waals surface area contributed by atoms with E-state index in [1.165, 1.54) is 5.56 Å². The second-order valence-corrected chi connectivity index (χ2v) is 9.54. The van der Waals surface area contributed by atoms with Crippen molar-refractivity contribution in [3.05, 3.63) is 71.3 Å². The molecule has 0 radical (unpaired) electrons. The third-order valence-electron chi connectivity index (χ3n) is 7.16. The number of β-amino-alcohol motifs (C(OH)–C–C–N with tert-alkyl or cyclic N) is 1. The van der Waals surface area contributed by atoms with Crippen LogP contribution in [0, 0.1) is 0 Å². The van der Waals surface area contributed by atoms with Crippen molar-refractivity contribution in [3.8, 4) is 0 Å². The van der Waals surface area contributed by atoms with Crippen LogP contribution in [0.3, 0.4) is 0 Å². The zero-order valence-electron chi connectivity index (χ0n) is 17.9. The first kappa shape index (κ1) is 20.6. The fraction of sp³-hybridized carbons (Fsp3) is 0.480. The van der Waals surface area contributed by atoms with Crippen molar-refractivity contribution in [2.75, 3.05) is 39.3 Å². The Morgan fingerprint density at radius 2 is 1.71 bits per heavy atom. The summed E-state index contributed by atoms with van der Waals surface area (Å²) in [4.78, 5) is 18.8. The largest absolute Gasteiger partial charge is 0.478 e. The first-order chi connectivity index (χ1) is 15.0. The van der Waals surface area contributed by atoms with E-state index in [0.717, 1.165) is 64.2 Å². The molecule has 0 bridgehead atoms. The molecule has 3 fully saturated rings. The summed E-state index contributed by atoms with van der Waals surface area (Å²) >= 11 is 0. The van der Waals surface area contributed by atoms with Crippen molar-refractivity contribution in [3.63, 3.8) is 0 Å². The van der Waals surface area contributed by atoms with Crippen LogP contribution in [-0.2, 0) is 13.0 Å². The van der Waals surface area contributed by atoms with E-state index in [0.29, 0.717) is 11.6 Å². The van der Waals surface area contributed by atoms with E-state index < -0.39 is 5.97 Å². The Bertz CT molecular complexity index is 929. The van der Waals surface area contributed by atoms with Crippen molar-refractivity contribution in [2.45, 2.75) is 37.1 Å². The Kier molecular flexibility index (Phi) is 5.56. The van der Waals surface area contributed by atoms with Gasteiger partial charge in [-0.1, -0.05) is 42.5 Å². The van der Waals surface area contributed by atoms with Gasteiger partial charge in [0, 0.05) is 51.9 Å². The minimum Gasteiger partial charge on any atom is -0.478 e. The van der Waals surface area contributed by atoms with E-state index in [-0.39, 0.29) is 11.6 Å². The second-order valence-electron chi connectivity index (χ2n) is 9.54. The molecule has 2 atom stereocenters. The molecule has 164 valence electrons. The molecule has 3 heterocycles. The molecule has 2 unspecified atom stereocenters. The van der Waals surface area contributed by atoms with Crippen LogP contribution in [0.5, 0.6) is 0 Å². The Labute approximate surface area is 183 Å². The highest BCUT2D eigenvalue weighted by Crippen LogP contribution is 2.39. The summed E-state index contributed by atoms with van der Waals surface area (Å²) < 4.78 is 0. The molecule has 0 saturated carbocycles. The Hall–Kier alpha value is -2.25. The zero-order chi connectivity index (χ0) is 21.4. The number of rotatable bonds is 6. The second kappa shape index (κ2) is 8.36. The molecule has 5 rings (SSSR count). The SMILES string of the molecule is O=C(O)c1cccc(CN2CC3(CN(CCc4ccccc4)CC4CC(O)CN43)C2)c1. The fourth-order valence-corrected chi connectivity index (χ4v) is 5.86. The maximum atomic E-state index is 11.3. The van der Waals surface area contributed by atoms with Crippen LogP contribution in [0.4, 0.5) is 0 Å². The lowest BCUT2D eigenvalue weighted by Gasteiger charge is -2.61. The summed E-state index contributed by atoms with van der Waals surface area (Å²) in [5.74, 6) is -0.878. The van der Waals surface area contributed by atoms with E-state index in [4.69, 9.17) is 0 Å². The van der Waals surface area contributed by atoms with Gasteiger partial charge in [-0.15, -0.1) is 0 Å². The van der Waals surface area contributed by atoms with Crippen LogP contribution < -0.4 is 0 Å². The van der Waals surface area contributed by atoms with Gasteiger partial charge >= 0.3 is 5.97 Å². The van der Waals surface area contributed by atoms with Gasteiger partial charge in [-0.2, -0.15) is 0 Å². The molecule has 1 spiro atoms. The van der Waals surface area contributed by atoms with E-state index in [9.17, 15) is 15.0 Å². The first-order valence-electron chi connectivity index (χ1n) is 11.3. The number of aromatic carboxylic acids is 1. The van der Waals surface area contributed by atoms with Gasteiger partial charge in [0.25, 0.3) is 0 Å². The third kappa shape index (κ3) is 4.26. The van der Waals surface area contributed by atoms with Gasteiger partial charge in [0.15, 0.2) is 0 Å². The highest BCUT2D eigenvalue weighted by atomic mass is 16.4. The van der Waals surface area contributed by atoms with Gasteiger partial charge in [-0.05, 0) is 36.1 Å². The summed E-state index contributed by atoms with van der Waals surface area (Å²) in [6.07, 6.45) is 1.69. The number of likely N-dealkylation sites (tertiary alicyclic amines) is 1. The number of nitrogens with zero attached hydrogens (tertiary/aromatic N) is 3. The van der Waals surface area contributed by atoms with Crippen LogP contribution in [0.25, 0.3) is 0 Å². The standard InChI is InChI=1S/C25H31N3O3/c29-23-12-22-14-26(10-9-19-5-2-1-3-6-19)16-25(28(22)15-23)17-27(18-25)13-20-7-4-8-21(11-20)24(30)31/h1-8,11,22-23,29H,9-10,12-18H2,(H,30,31). The summed E-state index contributed by atoms with van der Waals surface area (Å²) in [5, 5.41) is 19.6. The van der Waals surface area contributed by atoms with Gasteiger partial charge < -0.3 is 10.2 Å². The van der Waals surface area contributed by atoms with Crippen LogP contribution in [-0.4, -0.2) is 87.8 Å². The molecule has 2 aromatic rings. The van der Waals surface area contributed by atoms with Gasteiger partial charge in [0.2, 0.25) is 0 Å². The number of hydrogen-bond donors (Lipinski definition) is 2. The van der Waals surface area contributed by atoms with Gasteiger partial charge in [0.1, 0.15) is 0 Å². The van der Waals surface area contributed by atoms with Crippen LogP contribution in [0.2, 0.25) is 0 Å². The predicted molar refractivity (Wildman–Crippen MR) is 119 cm³/mol. The fourth-order valence-electron chi connectivity index (χ4n) is 5.86. The van der Waals surface area contributed by atoms with Crippen molar-refractivity contribution in [1.29, 1.82) is 0 Å². The summed E-state index contributed by atoms with van der Waals surface area (Å²) in [6.45, 7) is 6.60. The normalized spacial score (nSPS) is 26.0. The maximum absolute atomic E-state index is 11.3. The Morgan fingerprint density at radius 3 is 2.48 bits per heavy atom. The number of aliphatic hydroxyl groups excluding tert-OH is 1. The van der Waals surface area contributed by atoms with Gasteiger partial charge in [0.05, 0.1) is 17.2 Å². The minimum atomic E-state index is -0.878. The van der Waals surface area contributed by atoms with Crippen LogP contribution in [0.15, 0.2) is 54.6 Å². The summed E-state index contributed by atoms with van der Waals surface area (Å²) in [7, 11) is 0. The van der Waals surface area contributed by atoms with E-state index in [1.54, 1.807) is 12.1 Å². The van der Waals surface area contributed by atoms with Gasteiger partial charge in [-0.25, -0.2) is 4.79 Å². The molecule has 0 amide bonds. The summed E-state index contributed by atoms with van der Waals surface area (Å²) in [6, 6.07) is 18.3. The summed E-state index contributed by atoms with van der Waals surface area (Å²) in [5.41, 5.74) is 2.87. The molecule has 6 nitrogen and oxygen atoms in total. The first-order valence-corrected chi connectivity index (χ1v) is 11.3. The minimum absolute atomic E-state index is 0.0987. The lowest BCUT2D eigenvalue weighted by Crippen LogP contribution is -2.77. The van der Waals surface area contributed by atoms with Gasteiger partial charge in [-0.3, -0.25) is 14.7 Å². The number of hydrogen-bond acceptors (Lipinski definition) is 5.